The molecule has 3 nitrogen and oxygen atoms in total. The smallest absolute Gasteiger partial charge is 0.323 e. The van der Waals surface area contributed by atoms with Gasteiger partial charge >= 0.3 is 5.97 Å². The number of carbonyl (C=O) groups is 1. The van der Waals surface area contributed by atoms with Crippen molar-refractivity contribution in [1.29, 1.82) is 0 Å². The van der Waals surface area contributed by atoms with Gasteiger partial charge in [-0.05, 0) is 18.8 Å². The standard InChI is InChI=1S/C9H17NO2/c1-6(2)8(9(11)12-3)10-7-4-5-7/h6-8,10H,4-5H2,1-3H3. The minimum Gasteiger partial charge on any atom is -0.468 e. The molecule has 0 aromatic heterocycles. The van der Waals surface area contributed by atoms with Gasteiger partial charge in [-0.15, -0.1) is 0 Å². The monoisotopic (exact) mass is 171 g/mol. The highest BCUT2D eigenvalue weighted by Crippen LogP contribution is 2.21. The van der Waals surface area contributed by atoms with Crippen molar-refractivity contribution < 1.29 is 9.53 Å². The topological polar surface area (TPSA) is 38.3 Å². The molecule has 0 aromatic rings. The van der Waals surface area contributed by atoms with Crippen LogP contribution in [0.3, 0.4) is 0 Å². The van der Waals surface area contributed by atoms with E-state index in [4.69, 9.17) is 4.74 Å². The summed E-state index contributed by atoms with van der Waals surface area (Å²) in [6.07, 6.45) is 2.39. The molecule has 1 rings (SSSR count). The third kappa shape index (κ3) is 2.48. The summed E-state index contributed by atoms with van der Waals surface area (Å²) < 4.78 is 4.70. The molecule has 1 aliphatic carbocycles. The van der Waals surface area contributed by atoms with Crippen LogP contribution in [-0.4, -0.2) is 25.2 Å². The lowest BCUT2D eigenvalue weighted by atomic mass is 10.0. The highest BCUT2D eigenvalue weighted by atomic mass is 16.5. The molecule has 0 heterocycles. The first kappa shape index (κ1) is 9.52. The summed E-state index contributed by atoms with van der Waals surface area (Å²) in [5.41, 5.74) is 0. The number of carbonyl (C=O) groups excluding carboxylic acids is 1. The van der Waals surface area contributed by atoms with Gasteiger partial charge < -0.3 is 10.1 Å². The first-order valence-electron chi connectivity index (χ1n) is 4.49. The molecule has 1 saturated carbocycles. The Morgan fingerprint density at radius 1 is 1.50 bits per heavy atom. The molecule has 0 aliphatic heterocycles. The molecule has 0 saturated heterocycles. The molecular weight excluding hydrogens is 154 g/mol. The van der Waals surface area contributed by atoms with Crippen LogP contribution in [0.1, 0.15) is 26.7 Å². The Hall–Kier alpha value is -0.570. The minimum atomic E-state index is -0.142. The summed E-state index contributed by atoms with van der Waals surface area (Å²) in [5, 5.41) is 3.27. The second-order valence-corrected chi connectivity index (χ2v) is 3.69. The third-order valence-corrected chi connectivity index (χ3v) is 2.11. The summed E-state index contributed by atoms with van der Waals surface area (Å²) in [7, 11) is 1.44. The van der Waals surface area contributed by atoms with Gasteiger partial charge in [-0.2, -0.15) is 0 Å². The second-order valence-electron chi connectivity index (χ2n) is 3.69. The van der Waals surface area contributed by atoms with E-state index in [1.165, 1.54) is 20.0 Å². The molecule has 12 heavy (non-hydrogen) atoms. The number of ether oxygens (including phenoxy) is 1. The van der Waals surface area contributed by atoms with E-state index in [1.807, 2.05) is 13.8 Å². The lowest BCUT2D eigenvalue weighted by Gasteiger charge is -2.19. The van der Waals surface area contributed by atoms with Gasteiger partial charge in [-0.1, -0.05) is 13.8 Å². The molecular formula is C9H17NO2. The molecule has 1 unspecified atom stereocenters. The minimum absolute atomic E-state index is 0.123. The van der Waals surface area contributed by atoms with Gasteiger partial charge in [0.15, 0.2) is 0 Å². The van der Waals surface area contributed by atoms with Gasteiger partial charge in [0.2, 0.25) is 0 Å². The van der Waals surface area contributed by atoms with Gasteiger partial charge in [0.05, 0.1) is 7.11 Å². The van der Waals surface area contributed by atoms with Crippen molar-refractivity contribution in [2.75, 3.05) is 7.11 Å². The zero-order valence-corrected chi connectivity index (χ0v) is 7.96. The highest BCUT2D eigenvalue weighted by molar-refractivity contribution is 5.76. The van der Waals surface area contributed by atoms with Crippen LogP contribution in [0.2, 0.25) is 0 Å². The molecule has 0 radical (unpaired) electrons. The summed E-state index contributed by atoms with van der Waals surface area (Å²) in [5.74, 6) is 0.162. The summed E-state index contributed by atoms with van der Waals surface area (Å²) in [6, 6.07) is 0.430. The van der Waals surface area contributed by atoms with E-state index in [-0.39, 0.29) is 12.0 Å². The maximum atomic E-state index is 11.2. The van der Waals surface area contributed by atoms with Gasteiger partial charge in [0, 0.05) is 6.04 Å². The van der Waals surface area contributed by atoms with Crippen LogP contribution in [0.5, 0.6) is 0 Å². The maximum absolute atomic E-state index is 11.2. The number of hydrogen-bond acceptors (Lipinski definition) is 3. The van der Waals surface area contributed by atoms with Crippen molar-refractivity contribution in [3.8, 4) is 0 Å². The Balaban J connectivity index is 2.41. The average molecular weight is 171 g/mol. The largest absolute Gasteiger partial charge is 0.468 e. The lowest BCUT2D eigenvalue weighted by molar-refractivity contribution is -0.144. The first-order valence-corrected chi connectivity index (χ1v) is 4.49. The Kier molecular flexibility index (Phi) is 3.09. The number of nitrogens with one attached hydrogen (secondary N) is 1. The predicted molar refractivity (Wildman–Crippen MR) is 46.8 cm³/mol. The van der Waals surface area contributed by atoms with Gasteiger partial charge in [0.1, 0.15) is 6.04 Å². The predicted octanol–water partition coefficient (Wildman–Crippen LogP) is 0.936. The molecule has 3 heteroatoms. The van der Waals surface area contributed by atoms with Crippen LogP contribution in [0.25, 0.3) is 0 Å². The highest BCUT2D eigenvalue weighted by Gasteiger charge is 2.30. The molecule has 0 amide bonds. The Morgan fingerprint density at radius 3 is 2.42 bits per heavy atom. The zero-order valence-electron chi connectivity index (χ0n) is 7.96. The van der Waals surface area contributed by atoms with Crippen LogP contribution >= 0.6 is 0 Å². The molecule has 0 spiro atoms. The Morgan fingerprint density at radius 2 is 2.08 bits per heavy atom. The van der Waals surface area contributed by atoms with E-state index >= 15 is 0 Å². The van der Waals surface area contributed by atoms with Crippen LogP contribution in [-0.2, 0) is 9.53 Å². The fraction of sp³-hybridized carbons (Fsp3) is 0.889. The average Bonchev–Trinajstić information content (AvgIpc) is 2.81. The van der Waals surface area contributed by atoms with Crippen LogP contribution in [0.15, 0.2) is 0 Å². The maximum Gasteiger partial charge on any atom is 0.323 e. The summed E-state index contributed by atoms with van der Waals surface area (Å²) in [6.45, 7) is 4.05. The second kappa shape index (κ2) is 3.90. The van der Waals surface area contributed by atoms with Crippen molar-refractivity contribution in [1.82, 2.24) is 5.32 Å². The normalized spacial score (nSPS) is 19.3. The first-order chi connectivity index (χ1) is 5.65. The van der Waals surface area contributed by atoms with Gasteiger partial charge in [-0.25, -0.2) is 0 Å². The van der Waals surface area contributed by atoms with Crippen molar-refractivity contribution in [3.63, 3.8) is 0 Å². The van der Waals surface area contributed by atoms with Gasteiger partial charge in [0.25, 0.3) is 0 Å². The fourth-order valence-electron chi connectivity index (χ4n) is 1.16. The molecule has 1 aliphatic rings. The van der Waals surface area contributed by atoms with Crippen LogP contribution in [0, 0.1) is 5.92 Å². The van der Waals surface area contributed by atoms with E-state index in [0.29, 0.717) is 12.0 Å². The Bertz CT molecular complexity index is 164. The third-order valence-electron chi connectivity index (χ3n) is 2.11. The van der Waals surface area contributed by atoms with E-state index in [1.54, 1.807) is 0 Å². The molecule has 0 aromatic carbocycles. The fourth-order valence-corrected chi connectivity index (χ4v) is 1.16. The zero-order chi connectivity index (χ0) is 9.14. The van der Waals surface area contributed by atoms with E-state index in [9.17, 15) is 4.79 Å². The molecule has 0 bridgehead atoms. The van der Waals surface area contributed by atoms with Crippen LogP contribution < -0.4 is 5.32 Å². The van der Waals surface area contributed by atoms with Crippen molar-refractivity contribution >= 4 is 5.97 Å². The molecule has 70 valence electrons. The summed E-state index contributed by atoms with van der Waals surface area (Å²) >= 11 is 0. The molecule has 1 atom stereocenters. The molecule has 1 fully saturated rings. The SMILES string of the molecule is COC(=O)C(NC1CC1)C(C)C. The number of esters is 1. The number of hydrogen-bond donors (Lipinski definition) is 1. The lowest BCUT2D eigenvalue weighted by Crippen LogP contribution is -2.42. The van der Waals surface area contributed by atoms with Gasteiger partial charge in [-0.3, -0.25) is 4.79 Å². The van der Waals surface area contributed by atoms with Crippen molar-refractivity contribution in [3.05, 3.63) is 0 Å². The summed E-state index contributed by atoms with van der Waals surface area (Å²) in [4.78, 5) is 11.2. The molecule has 1 N–H and O–H groups in total. The van der Waals surface area contributed by atoms with Crippen molar-refractivity contribution in [2.24, 2.45) is 5.92 Å². The Labute approximate surface area is 73.5 Å². The quantitative estimate of drug-likeness (QED) is 0.640. The number of rotatable bonds is 4. The number of methoxy groups -OCH3 is 1. The van der Waals surface area contributed by atoms with Crippen LogP contribution in [0.4, 0.5) is 0 Å². The van der Waals surface area contributed by atoms with E-state index < -0.39 is 0 Å². The van der Waals surface area contributed by atoms with Crippen molar-refractivity contribution in [2.45, 2.75) is 38.8 Å². The van der Waals surface area contributed by atoms with E-state index in [0.717, 1.165) is 0 Å². The van der Waals surface area contributed by atoms with E-state index in [2.05, 4.69) is 5.32 Å².